The Kier molecular flexibility index (Phi) is 9.49. The Morgan fingerprint density at radius 1 is 1.16 bits per heavy atom. The molecule has 32 heavy (non-hydrogen) atoms. The molecule has 1 unspecified atom stereocenters. The minimum absolute atomic E-state index is 0.132. The largest absolute Gasteiger partial charge is 0.484 e. The fraction of sp³-hybridized carbons (Fsp3) is 0.417. The number of carbonyl (C=O) groups excluding carboxylic acids is 2. The van der Waals surface area contributed by atoms with Gasteiger partial charge >= 0.3 is 0 Å². The molecule has 2 aromatic rings. The zero-order chi connectivity index (χ0) is 23.1. The molecule has 1 atom stereocenters. The van der Waals surface area contributed by atoms with Crippen LogP contribution in [0.4, 0.5) is 0 Å². The van der Waals surface area contributed by atoms with Gasteiger partial charge in [0.15, 0.2) is 6.61 Å². The number of benzene rings is 2. The molecule has 2 aromatic carbocycles. The molecule has 0 heterocycles. The number of nitrogens with zero attached hydrogens (tertiary/aromatic N) is 1. The van der Waals surface area contributed by atoms with Gasteiger partial charge in [-0.05, 0) is 83.8 Å². The number of hydrogen-bond acceptors (Lipinski definition) is 3. The summed E-state index contributed by atoms with van der Waals surface area (Å²) in [4.78, 5) is 27.9. The van der Waals surface area contributed by atoms with Crippen LogP contribution in [0.15, 0.2) is 42.5 Å². The fourth-order valence-corrected chi connectivity index (χ4v) is 4.71. The van der Waals surface area contributed by atoms with Gasteiger partial charge in [0, 0.05) is 26.2 Å². The molecule has 0 saturated heterocycles. The SMILES string of the molecule is CCC(C(=O)NC1CCCC1)N(Cc1ccc(Cl)cc1Cl)C(=O)COc1ccc(I)cc1. The highest BCUT2D eigenvalue weighted by Crippen LogP contribution is 2.25. The van der Waals surface area contributed by atoms with Crippen LogP contribution in [0.3, 0.4) is 0 Å². The van der Waals surface area contributed by atoms with Gasteiger partial charge in [0.1, 0.15) is 11.8 Å². The number of rotatable bonds is 9. The summed E-state index contributed by atoms with van der Waals surface area (Å²) in [7, 11) is 0. The summed E-state index contributed by atoms with van der Waals surface area (Å²) >= 11 is 14.6. The molecule has 0 aliphatic heterocycles. The van der Waals surface area contributed by atoms with Gasteiger partial charge in [-0.1, -0.05) is 49.0 Å². The van der Waals surface area contributed by atoms with Crippen LogP contribution in [0.1, 0.15) is 44.6 Å². The third-order valence-electron chi connectivity index (χ3n) is 5.62. The van der Waals surface area contributed by atoms with Crippen molar-refractivity contribution in [3.05, 3.63) is 61.6 Å². The minimum atomic E-state index is -0.616. The first-order valence-corrected chi connectivity index (χ1v) is 12.6. The molecule has 1 saturated carbocycles. The van der Waals surface area contributed by atoms with Crippen LogP contribution >= 0.6 is 45.8 Å². The molecule has 0 bridgehead atoms. The van der Waals surface area contributed by atoms with Crippen molar-refractivity contribution in [2.45, 2.75) is 57.7 Å². The van der Waals surface area contributed by atoms with Crippen molar-refractivity contribution in [1.29, 1.82) is 0 Å². The average Bonchev–Trinajstić information content (AvgIpc) is 3.27. The lowest BCUT2D eigenvalue weighted by Crippen LogP contribution is -2.52. The molecule has 0 spiro atoms. The quantitative estimate of drug-likeness (QED) is 0.374. The van der Waals surface area contributed by atoms with Gasteiger partial charge in [-0.15, -0.1) is 0 Å². The number of amides is 2. The maximum absolute atomic E-state index is 13.3. The maximum Gasteiger partial charge on any atom is 0.261 e. The van der Waals surface area contributed by atoms with Crippen LogP contribution in [0.5, 0.6) is 5.75 Å². The Labute approximate surface area is 212 Å². The Morgan fingerprint density at radius 2 is 1.84 bits per heavy atom. The van der Waals surface area contributed by atoms with Crippen molar-refractivity contribution < 1.29 is 14.3 Å². The van der Waals surface area contributed by atoms with Gasteiger partial charge in [0.2, 0.25) is 5.91 Å². The van der Waals surface area contributed by atoms with E-state index in [2.05, 4.69) is 27.9 Å². The summed E-state index contributed by atoms with van der Waals surface area (Å²) < 4.78 is 6.80. The van der Waals surface area contributed by atoms with Crippen molar-refractivity contribution in [2.75, 3.05) is 6.61 Å². The van der Waals surface area contributed by atoms with Gasteiger partial charge in [0.25, 0.3) is 5.91 Å². The van der Waals surface area contributed by atoms with Gasteiger partial charge in [-0.3, -0.25) is 9.59 Å². The van der Waals surface area contributed by atoms with Gasteiger partial charge < -0.3 is 15.0 Å². The molecular formula is C24H27Cl2IN2O3. The first-order chi connectivity index (χ1) is 15.4. The van der Waals surface area contributed by atoms with E-state index in [0.717, 1.165) is 34.8 Å². The topological polar surface area (TPSA) is 58.6 Å². The van der Waals surface area contributed by atoms with Crippen LogP contribution < -0.4 is 10.1 Å². The predicted molar refractivity (Wildman–Crippen MR) is 136 cm³/mol. The van der Waals surface area contributed by atoms with E-state index in [9.17, 15) is 9.59 Å². The Morgan fingerprint density at radius 3 is 2.47 bits per heavy atom. The monoisotopic (exact) mass is 588 g/mol. The second-order valence-corrected chi connectivity index (χ2v) is 10.0. The van der Waals surface area contributed by atoms with Crippen LogP contribution in [-0.4, -0.2) is 35.4 Å². The van der Waals surface area contributed by atoms with Crippen molar-refractivity contribution in [3.63, 3.8) is 0 Å². The summed E-state index contributed by atoms with van der Waals surface area (Å²) in [6.45, 7) is 1.93. The van der Waals surface area contributed by atoms with Crippen LogP contribution in [-0.2, 0) is 16.1 Å². The minimum Gasteiger partial charge on any atom is -0.484 e. The number of carbonyl (C=O) groups is 2. The third-order valence-corrected chi connectivity index (χ3v) is 6.93. The molecular weight excluding hydrogens is 562 g/mol. The normalized spacial score (nSPS) is 14.8. The fourth-order valence-electron chi connectivity index (χ4n) is 3.88. The third kappa shape index (κ3) is 6.99. The van der Waals surface area contributed by atoms with Gasteiger partial charge in [-0.25, -0.2) is 0 Å². The van der Waals surface area contributed by atoms with E-state index in [4.69, 9.17) is 27.9 Å². The standard InChI is InChI=1S/C24H27Cl2IN2O3/c1-2-22(24(31)28-19-5-3-4-6-19)29(14-16-7-8-17(25)13-21(16)26)23(30)15-32-20-11-9-18(27)10-12-20/h7-13,19,22H,2-6,14-15H2,1H3,(H,28,31). The lowest BCUT2D eigenvalue weighted by molar-refractivity contribution is -0.143. The second-order valence-electron chi connectivity index (χ2n) is 7.91. The molecule has 172 valence electrons. The molecule has 8 heteroatoms. The molecule has 3 rings (SSSR count). The van der Waals surface area contributed by atoms with Crippen LogP contribution in [0.2, 0.25) is 10.0 Å². The summed E-state index contributed by atoms with van der Waals surface area (Å²) in [5, 5.41) is 4.10. The summed E-state index contributed by atoms with van der Waals surface area (Å²) in [5.41, 5.74) is 0.728. The number of ether oxygens (including phenoxy) is 1. The van der Waals surface area contributed by atoms with E-state index in [1.807, 2.05) is 31.2 Å². The zero-order valence-corrected chi connectivity index (χ0v) is 21.6. The first kappa shape index (κ1) is 25.1. The molecule has 1 aliphatic rings. The number of nitrogens with one attached hydrogen (secondary N) is 1. The zero-order valence-electron chi connectivity index (χ0n) is 18.0. The molecule has 0 aromatic heterocycles. The highest BCUT2D eigenvalue weighted by atomic mass is 127. The van der Waals surface area contributed by atoms with Crippen molar-refractivity contribution in [2.24, 2.45) is 0 Å². The van der Waals surface area contributed by atoms with E-state index < -0.39 is 6.04 Å². The molecule has 0 radical (unpaired) electrons. The summed E-state index contributed by atoms with van der Waals surface area (Å²) in [6.07, 6.45) is 4.69. The average molecular weight is 589 g/mol. The van der Waals surface area contributed by atoms with Crippen molar-refractivity contribution in [3.8, 4) is 5.75 Å². The van der Waals surface area contributed by atoms with Crippen LogP contribution in [0.25, 0.3) is 0 Å². The van der Waals surface area contributed by atoms with Crippen molar-refractivity contribution >= 4 is 57.6 Å². The maximum atomic E-state index is 13.3. The predicted octanol–water partition coefficient (Wildman–Crippen LogP) is 5.84. The van der Waals surface area contributed by atoms with E-state index >= 15 is 0 Å². The second kappa shape index (κ2) is 12.1. The number of hydrogen-bond donors (Lipinski definition) is 1. The lowest BCUT2D eigenvalue weighted by Gasteiger charge is -2.31. The highest BCUT2D eigenvalue weighted by Gasteiger charge is 2.31. The van der Waals surface area contributed by atoms with E-state index in [1.54, 1.807) is 23.1 Å². The van der Waals surface area contributed by atoms with E-state index in [-0.39, 0.29) is 31.0 Å². The van der Waals surface area contributed by atoms with Gasteiger partial charge in [-0.2, -0.15) is 0 Å². The molecule has 1 aliphatic carbocycles. The molecule has 2 amide bonds. The Balaban J connectivity index is 1.78. The Bertz CT molecular complexity index is 933. The van der Waals surface area contributed by atoms with Crippen molar-refractivity contribution in [1.82, 2.24) is 10.2 Å². The lowest BCUT2D eigenvalue weighted by atomic mass is 10.1. The Hall–Kier alpha value is -1.51. The summed E-state index contributed by atoms with van der Waals surface area (Å²) in [6, 6.07) is 12.2. The molecule has 5 nitrogen and oxygen atoms in total. The van der Waals surface area contributed by atoms with E-state index in [0.29, 0.717) is 22.2 Å². The molecule has 1 N–H and O–H groups in total. The van der Waals surface area contributed by atoms with Gasteiger partial charge in [0.05, 0.1) is 0 Å². The highest BCUT2D eigenvalue weighted by molar-refractivity contribution is 14.1. The summed E-state index contributed by atoms with van der Waals surface area (Å²) in [5.74, 6) is 0.196. The first-order valence-electron chi connectivity index (χ1n) is 10.8. The van der Waals surface area contributed by atoms with E-state index in [1.165, 1.54) is 0 Å². The smallest absolute Gasteiger partial charge is 0.261 e. The van der Waals surface area contributed by atoms with Crippen LogP contribution in [0, 0.1) is 3.57 Å². The molecule has 1 fully saturated rings. The number of halogens is 3.